The van der Waals surface area contributed by atoms with Gasteiger partial charge in [0, 0.05) is 39.4 Å². The highest BCUT2D eigenvalue weighted by Gasteiger charge is 2.27. The molecule has 0 amide bonds. The van der Waals surface area contributed by atoms with Crippen LogP contribution in [0.15, 0.2) is 0 Å². The lowest BCUT2D eigenvalue weighted by Gasteiger charge is -2.31. The summed E-state index contributed by atoms with van der Waals surface area (Å²) >= 11 is 0. The number of unbranched alkanes of at least 4 members (excludes halogenated alkanes) is 1. The first-order valence-electron chi connectivity index (χ1n) is 7.92. The van der Waals surface area contributed by atoms with Crippen molar-refractivity contribution in [3.8, 4) is 0 Å². The molecule has 0 aromatic rings. The van der Waals surface area contributed by atoms with E-state index in [1.165, 1.54) is 0 Å². The van der Waals surface area contributed by atoms with Crippen LogP contribution < -0.4 is 10.0 Å². The number of nitrogens with zero attached hydrogens (tertiary/aromatic N) is 1. The Kier molecular flexibility index (Phi) is 8.73. The Labute approximate surface area is 129 Å². The summed E-state index contributed by atoms with van der Waals surface area (Å²) < 4.78 is 33.5. The van der Waals surface area contributed by atoms with E-state index in [0.717, 1.165) is 32.2 Å². The van der Waals surface area contributed by atoms with Crippen LogP contribution in [0, 0.1) is 5.92 Å². The van der Waals surface area contributed by atoms with Gasteiger partial charge in [0.05, 0.1) is 0 Å². The molecular formula is C14H31N3O3S. The first-order valence-corrected chi connectivity index (χ1v) is 9.36. The molecule has 0 aliphatic carbocycles. The highest BCUT2D eigenvalue weighted by atomic mass is 32.2. The van der Waals surface area contributed by atoms with Crippen LogP contribution in [0.25, 0.3) is 0 Å². The molecule has 7 heteroatoms. The molecule has 1 fully saturated rings. The highest BCUT2D eigenvalue weighted by Crippen LogP contribution is 2.18. The summed E-state index contributed by atoms with van der Waals surface area (Å²) in [4.78, 5) is 0. The van der Waals surface area contributed by atoms with E-state index in [1.807, 2.05) is 0 Å². The summed E-state index contributed by atoms with van der Waals surface area (Å²) in [6.07, 6.45) is 3.55. The third-order valence-electron chi connectivity index (χ3n) is 3.79. The van der Waals surface area contributed by atoms with Gasteiger partial charge in [0.1, 0.15) is 0 Å². The molecule has 0 radical (unpaired) electrons. The first-order chi connectivity index (χ1) is 9.95. The van der Waals surface area contributed by atoms with Crippen LogP contribution in [0.3, 0.4) is 0 Å². The standard InChI is InChI=1S/C14H31N3O3S/c1-13(2)15-12-14-6-9-17(10-7-14)21(18,19)16-8-4-5-11-20-3/h13-16H,4-12H2,1-3H3. The summed E-state index contributed by atoms with van der Waals surface area (Å²) in [6, 6.07) is 0.487. The second-order valence-electron chi connectivity index (χ2n) is 6.00. The fraction of sp³-hybridized carbons (Fsp3) is 1.00. The van der Waals surface area contributed by atoms with Crippen molar-refractivity contribution in [2.75, 3.05) is 39.9 Å². The Morgan fingerprint density at radius 1 is 1.24 bits per heavy atom. The molecule has 6 nitrogen and oxygen atoms in total. The van der Waals surface area contributed by atoms with E-state index >= 15 is 0 Å². The molecule has 0 unspecified atom stereocenters. The second kappa shape index (κ2) is 9.74. The lowest BCUT2D eigenvalue weighted by Crippen LogP contribution is -2.46. The van der Waals surface area contributed by atoms with E-state index in [9.17, 15) is 8.42 Å². The number of ether oxygens (including phenoxy) is 1. The van der Waals surface area contributed by atoms with Crippen molar-refractivity contribution < 1.29 is 13.2 Å². The molecule has 0 spiro atoms. The number of rotatable bonds is 10. The Hall–Kier alpha value is -0.210. The normalized spacial score (nSPS) is 18.5. The van der Waals surface area contributed by atoms with Crippen LogP contribution in [0.1, 0.15) is 39.5 Å². The fourth-order valence-corrected chi connectivity index (χ4v) is 3.70. The van der Waals surface area contributed by atoms with Crippen LogP contribution in [-0.2, 0) is 14.9 Å². The number of piperidine rings is 1. The molecule has 1 saturated heterocycles. The van der Waals surface area contributed by atoms with Crippen LogP contribution >= 0.6 is 0 Å². The van der Waals surface area contributed by atoms with Crippen molar-refractivity contribution in [3.05, 3.63) is 0 Å². The fourth-order valence-electron chi connectivity index (χ4n) is 2.42. The Bertz CT molecular complexity index is 366. The largest absolute Gasteiger partial charge is 0.385 e. The average Bonchev–Trinajstić information content (AvgIpc) is 2.45. The topological polar surface area (TPSA) is 70.7 Å². The minimum absolute atomic E-state index is 0.487. The third-order valence-corrected chi connectivity index (χ3v) is 5.40. The van der Waals surface area contributed by atoms with Crippen LogP contribution in [-0.4, -0.2) is 58.7 Å². The summed E-state index contributed by atoms with van der Waals surface area (Å²) in [5.74, 6) is 0.584. The smallest absolute Gasteiger partial charge is 0.279 e. The number of methoxy groups -OCH3 is 1. The second-order valence-corrected chi connectivity index (χ2v) is 7.76. The van der Waals surface area contributed by atoms with Gasteiger partial charge in [0.2, 0.25) is 0 Å². The zero-order valence-corrected chi connectivity index (χ0v) is 14.4. The first kappa shape index (κ1) is 18.8. The third kappa shape index (κ3) is 7.56. The molecule has 1 rings (SSSR count). The van der Waals surface area contributed by atoms with Crippen molar-refractivity contribution in [2.24, 2.45) is 5.92 Å². The lowest BCUT2D eigenvalue weighted by atomic mass is 9.98. The van der Waals surface area contributed by atoms with Gasteiger partial charge in [-0.15, -0.1) is 0 Å². The summed E-state index contributed by atoms with van der Waals surface area (Å²) in [6.45, 7) is 7.66. The molecule has 126 valence electrons. The minimum Gasteiger partial charge on any atom is -0.385 e. The minimum atomic E-state index is -3.30. The summed E-state index contributed by atoms with van der Waals surface area (Å²) in [5, 5.41) is 3.43. The maximum Gasteiger partial charge on any atom is 0.279 e. The molecule has 0 atom stereocenters. The highest BCUT2D eigenvalue weighted by molar-refractivity contribution is 7.87. The Morgan fingerprint density at radius 2 is 1.90 bits per heavy atom. The number of hydrogen-bond donors (Lipinski definition) is 2. The SMILES string of the molecule is COCCCCNS(=O)(=O)N1CCC(CNC(C)C)CC1. The van der Waals surface area contributed by atoms with Crippen LogP contribution in [0.5, 0.6) is 0 Å². The monoisotopic (exact) mass is 321 g/mol. The van der Waals surface area contributed by atoms with Crippen LogP contribution in [0.4, 0.5) is 0 Å². The van der Waals surface area contributed by atoms with Gasteiger partial charge >= 0.3 is 0 Å². The molecular weight excluding hydrogens is 290 g/mol. The summed E-state index contributed by atoms with van der Waals surface area (Å²) in [5.41, 5.74) is 0. The molecule has 1 aliphatic rings. The predicted octanol–water partition coefficient (Wildman–Crippen LogP) is 0.957. The van der Waals surface area contributed by atoms with E-state index in [2.05, 4.69) is 23.9 Å². The molecule has 0 bridgehead atoms. The lowest BCUT2D eigenvalue weighted by molar-refractivity contribution is 0.193. The molecule has 21 heavy (non-hydrogen) atoms. The van der Waals surface area contributed by atoms with Gasteiger partial charge in [-0.3, -0.25) is 0 Å². The van der Waals surface area contributed by atoms with Crippen LogP contribution in [0.2, 0.25) is 0 Å². The maximum absolute atomic E-state index is 12.2. The Morgan fingerprint density at radius 3 is 2.48 bits per heavy atom. The molecule has 0 aromatic heterocycles. The molecule has 2 N–H and O–H groups in total. The maximum atomic E-state index is 12.2. The van der Waals surface area contributed by atoms with Crippen molar-refractivity contribution in [1.29, 1.82) is 0 Å². The van der Waals surface area contributed by atoms with E-state index in [-0.39, 0.29) is 0 Å². The van der Waals surface area contributed by atoms with Crippen molar-refractivity contribution in [3.63, 3.8) is 0 Å². The van der Waals surface area contributed by atoms with E-state index in [1.54, 1.807) is 11.4 Å². The van der Waals surface area contributed by atoms with Crippen molar-refractivity contribution in [1.82, 2.24) is 14.3 Å². The van der Waals surface area contributed by atoms with Gasteiger partial charge in [-0.2, -0.15) is 12.7 Å². The molecule has 0 aromatic carbocycles. The quantitative estimate of drug-likeness (QED) is 0.588. The van der Waals surface area contributed by atoms with Crippen molar-refractivity contribution in [2.45, 2.75) is 45.6 Å². The number of nitrogens with one attached hydrogen (secondary N) is 2. The summed E-state index contributed by atoms with van der Waals surface area (Å²) in [7, 11) is -1.65. The number of hydrogen-bond acceptors (Lipinski definition) is 4. The zero-order chi connectivity index (χ0) is 15.7. The zero-order valence-electron chi connectivity index (χ0n) is 13.6. The molecule has 1 aliphatic heterocycles. The predicted molar refractivity (Wildman–Crippen MR) is 85.5 cm³/mol. The molecule has 0 saturated carbocycles. The van der Waals surface area contributed by atoms with Crippen molar-refractivity contribution >= 4 is 10.2 Å². The van der Waals surface area contributed by atoms with Gasteiger partial charge < -0.3 is 10.1 Å². The van der Waals surface area contributed by atoms with Gasteiger partial charge in [-0.1, -0.05) is 13.8 Å². The van der Waals surface area contributed by atoms with Gasteiger partial charge in [0.25, 0.3) is 10.2 Å². The van der Waals surface area contributed by atoms with Gasteiger partial charge in [-0.25, -0.2) is 4.72 Å². The molecule has 1 heterocycles. The van der Waals surface area contributed by atoms with E-state index < -0.39 is 10.2 Å². The van der Waals surface area contributed by atoms with Gasteiger partial charge in [0.15, 0.2) is 0 Å². The Balaban J connectivity index is 2.25. The van der Waals surface area contributed by atoms with E-state index in [4.69, 9.17) is 4.74 Å². The van der Waals surface area contributed by atoms with E-state index in [0.29, 0.717) is 38.2 Å². The average molecular weight is 321 g/mol. The van der Waals surface area contributed by atoms with Gasteiger partial charge in [-0.05, 0) is 38.1 Å².